The maximum absolute atomic E-state index is 10.2. The van der Waals surface area contributed by atoms with Crippen LogP contribution in [0.25, 0.3) is 0 Å². The monoisotopic (exact) mass is 522 g/mol. The molecule has 0 radical (unpaired) electrons. The van der Waals surface area contributed by atoms with Gasteiger partial charge < -0.3 is 15.2 Å². The highest BCUT2D eigenvalue weighted by Crippen LogP contribution is 2.55. The average molecular weight is 523 g/mol. The second-order valence-electron chi connectivity index (χ2n) is 8.16. The summed E-state index contributed by atoms with van der Waals surface area (Å²) >= 11 is 13.8. The van der Waals surface area contributed by atoms with Crippen molar-refractivity contribution in [2.24, 2.45) is 17.1 Å². The lowest BCUT2D eigenvalue weighted by Crippen LogP contribution is -2.43. The summed E-state index contributed by atoms with van der Waals surface area (Å²) < 4.78 is 11.6. The van der Waals surface area contributed by atoms with Gasteiger partial charge in [0, 0.05) is 23.3 Å². The standard InChI is InChI=1S/C26H20Cl2N4O2S/c1-33-23-9-16(3-5-22(23)34-11-15-2-4-20(27)21(28)8-15)24-19-12-35-7-6-17(19)18(10-29)25(32)26(24,13-30)14-31/h2-6,8-9,19,24H,7,11-12,32H2,1H3/t19-,24-/m1/s1. The van der Waals surface area contributed by atoms with Gasteiger partial charge in [-0.2, -0.15) is 27.5 Å². The number of hydrogen-bond acceptors (Lipinski definition) is 7. The number of nitriles is 3. The smallest absolute Gasteiger partial charge is 0.191 e. The number of thioether (sulfide) groups is 1. The minimum atomic E-state index is -1.68. The average Bonchev–Trinajstić information content (AvgIpc) is 2.88. The van der Waals surface area contributed by atoms with E-state index in [-0.39, 0.29) is 23.8 Å². The molecule has 2 aliphatic rings. The van der Waals surface area contributed by atoms with Crippen LogP contribution in [0.4, 0.5) is 0 Å². The highest BCUT2D eigenvalue weighted by molar-refractivity contribution is 7.99. The predicted molar refractivity (Wildman–Crippen MR) is 136 cm³/mol. The molecule has 176 valence electrons. The first-order valence-corrected chi connectivity index (χ1v) is 12.6. The van der Waals surface area contributed by atoms with Crippen LogP contribution in [0.3, 0.4) is 0 Å². The highest BCUT2D eigenvalue weighted by atomic mass is 35.5. The maximum atomic E-state index is 10.2. The summed E-state index contributed by atoms with van der Waals surface area (Å²) in [4.78, 5) is 0. The van der Waals surface area contributed by atoms with Crippen molar-refractivity contribution in [3.8, 4) is 29.7 Å². The summed E-state index contributed by atoms with van der Waals surface area (Å²) in [6.07, 6.45) is 1.97. The van der Waals surface area contributed by atoms with Crippen LogP contribution < -0.4 is 15.2 Å². The molecule has 9 heteroatoms. The van der Waals surface area contributed by atoms with Gasteiger partial charge >= 0.3 is 0 Å². The Morgan fingerprint density at radius 1 is 1.09 bits per heavy atom. The number of allylic oxidation sites excluding steroid dienone is 3. The van der Waals surface area contributed by atoms with Crippen LogP contribution in [0.1, 0.15) is 17.0 Å². The molecular weight excluding hydrogens is 503 g/mol. The molecule has 1 heterocycles. The third-order valence-electron chi connectivity index (χ3n) is 6.36. The van der Waals surface area contributed by atoms with Crippen molar-refractivity contribution in [3.63, 3.8) is 0 Å². The largest absolute Gasteiger partial charge is 0.493 e. The fraction of sp³-hybridized carbons (Fsp3) is 0.269. The molecule has 2 aromatic carbocycles. The van der Waals surface area contributed by atoms with Crippen molar-refractivity contribution >= 4 is 35.0 Å². The molecule has 0 fully saturated rings. The van der Waals surface area contributed by atoms with Gasteiger partial charge in [0.15, 0.2) is 16.9 Å². The minimum absolute atomic E-state index is 0.00307. The first-order valence-electron chi connectivity index (χ1n) is 10.7. The SMILES string of the molecule is COc1cc([C@@H]2[C@@H]3CSCC=C3C(C#N)=C(N)C2(C#N)C#N)ccc1OCc1ccc(Cl)c(Cl)c1. The van der Waals surface area contributed by atoms with E-state index in [1.165, 1.54) is 7.11 Å². The number of methoxy groups -OCH3 is 1. The summed E-state index contributed by atoms with van der Waals surface area (Å²) in [6, 6.07) is 17.0. The molecule has 35 heavy (non-hydrogen) atoms. The van der Waals surface area contributed by atoms with Crippen LogP contribution in [0.5, 0.6) is 11.5 Å². The molecule has 2 atom stereocenters. The van der Waals surface area contributed by atoms with Gasteiger partial charge in [0.1, 0.15) is 12.7 Å². The van der Waals surface area contributed by atoms with Gasteiger partial charge in [-0.25, -0.2) is 0 Å². The molecular formula is C26H20Cl2N4O2S. The molecule has 0 saturated carbocycles. The van der Waals surface area contributed by atoms with E-state index >= 15 is 0 Å². The number of benzene rings is 2. The predicted octanol–water partition coefficient (Wildman–Crippen LogP) is 5.74. The van der Waals surface area contributed by atoms with Crippen LogP contribution in [0.2, 0.25) is 10.0 Å². The lowest BCUT2D eigenvalue weighted by atomic mass is 9.59. The Bertz CT molecular complexity index is 1350. The van der Waals surface area contributed by atoms with Crippen LogP contribution in [0.15, 0.2) is 59.3 Å². The van der Waals surface area contributed by atoms with E-state index in [1.807, 2.05) is 18.2 Å². The van der Waals surface area contributed by atoms with Gasteiger partial charge in [-0.15, -0.1) is 0 Å². The molecule has 0 spiro atoms. The molecule has 2 aromatic rings. The maximum Gasteiger partial charge on any atom is 0.191 e. The number of fused-ring (bicyclic) bond motifs is 1. The second kappa shape index (κ2) is 10.1. The van der Waals surface area contributed by atoms with Crippen molar-refractivity contribution < 1.29 is 9.47 Å². The molecule has 4 rings (SSSR count). The molecule has 1 aliphatic heterocycles. The van der Waals surface area contributed by atoms with Gasteiger partial charge in [-0.3, -0.25) is 0 Å². The molecule has 0 unspecified atom stereocenters. The van der Waals surface area contributed by atoms with Gasteiger partial charge in [-0.1, -0.05) is 41.4 Å². The molecule has 0 bridgehead atoms. The minimum Gasteiger partial charge on any atom is -0.493 e. The number of nitrogens with two attached hydrogens (primary N) is 1. The van der Waals surface area contributed by atoms with E-state index in [0.717, 1.165) is 16.9 Å². The number of hydrogen-bond donors (Lipinski definition) is 1. The van der Waals surface area contributed by atoms with Crippen molar-refractivity contribution in [1.82, 2.24) is 0 Å². The molecule has 1 aliphatic carbocycles. The molecule has 2 N–H and O–H groups in total. The third kappa shape index (κ3) is 4.30. The Morgan fingerprint density at radius 2 is 1.86 bits per heavy atom. The lowest BCUT2D eigenvalue weighted by Gasteiger charge is -2.43. The summed E-state index contributed by atoms with van der Waals surface area (Å²) in [7, 11) is 1.53. The number of nitrogens with zero attached hydrogens (tertiary/aromatic N) is 3. The normalized spacial score (nSPS) is 20.5. The Balaban J connectivity index is 1.75. The van der Waals surface area contributed by atoms with E-state index in [1.54, 1.807) is 36.0 Å². The van der Waals surface area contributed by atoms with Gasteiger partial charge in [0.05, 0.1) is 40.6 Å². The van der Waals surface area contributed by atoms with E-state index in [4.69, 9.17) is 38.4 Å². The van der Waals surface area contributed by atoms with Gasteiger partial charge in [0.25, 0.3) is 0 Å². The third-order valence-corrected chi connectivity index (χ3v) is 8.10. The fourth-order valence-corrected chi connectivity index (χ4v) is 6.03. The summed E-state index contributed by atoms with van der Waals surface area (Å²) in [5.74, 6) is 1.56. The summed E-state index contributed by atoms with van der Waals surface area (Å²) in [5, 5.41) is 31.0. The van der Waals surface area contributed by atoms with Crippen LogP contribution in [-0.4, -0.2) is 18.6 Å². The quantitative estimate of drug-likeness (QED) is 0.532. The summed E-state index contributed by atoms with van der Waals surface area (Å²) in [5.41, 5.74) is 7.26. The Labute approximate surface area is 218 Å². The van der Waals surface area contributed by atoms with E-state index in [9.17, 15) is 15.8 Å². The van der Waals surface area contributed by atoms with Crippen molar-refractivity contribution in [2.75, 3.05) is 18.6 Å². The zero-order valence-electron chi connectivity index (χ0n) is 18.7. The lowest BCUT2D eigenvalue weighted by molar-refractivity contribution is 0.283. The Hall–Kier alpha value is -3.28. The van der Waals surface area contributed by atoms with Crippen molar-refractivity contribution in [2.45, 2.75) is 12.5 Å². The van der Waals surface area contributed by atoms with Crippen molar-refractivity contribution in [3.05, 3.63) is 80.5 Å². The van der Waals surface area contributed by atoms with Gasteiger partial charge in [0.2, 0.25) is 0 Å². The zero-order valence-corrected chi connectivity index (χ0v) is 21.0. The zero-order chi connectivity index (χ0) is 25.2. The summed E-state index contributed by atoms with van der Waals surface area (Å²) in [6.45, 7) is 0.240. The Kier molecular flexibility index (Phi) is 7.20. The topological polar surface area (TPSA) is 116 Å². The first kappa shape index (κ1) is 24.8. The Morgan fingerprint density at radius 3 is 2.51 bits per heavy atom. The van der Waals surface area contributed by atoms with Crippen LogP contribution in [-0.2, 0) is 6.61 Å². The second-order valence-corrected chi connectivity index (χ2v) is 10.0. The number of ether oxygens (including phenoxy) is 2. The number of rotatable bonds is 5. The van der Waals surface area contributed by atoms with Crippen LogP contribution in [0, 0.1) is 45.3 Å². The fourth-order valence-electron chi connectivity index (χ4n) is 4.65. The van der Waals surface area contributed by atoms with E-state index < -0.39 is 11.3 Å². The van der Waals surface area contributed by atoms with Crippen molar-refractivity contribution in [1.29, 1.82) is 15.8 Å². The molecule has 0 aromatic heterocycles. The van der Waals surface area contributed by atoms with E-state index in [2.05, 4.69) is 18.2 Å². The molecule has 0 saturated heterocycles. The van der Waals surface area contributed by atoms with E-state index in [0.29, 0.717) is 32.9 Å². The number of halogens is 2. The first-order chi connectivity index (χ1) is 16.9. The molecule has 0 amide bonds. The molecule has 6 nitrogen and oxygen atoms in total. The van der Waals surface area contributed by atoms with Crippen LogP contribution >= 0.6 is 35.0 Å². The highest BCUT2D eigenvalue weighted by Gasteiger charge is 2.54. The van der Waals surface area contributed by atoms with Gasteiger partial charge in [-0.05, 0) is 41.0 Å².